The maximum atomic E-state index is 12.0. The number of methoxy groups -OCH3 is 1. The van der Waals surface area contributed by atoms with Gasteiger partial charge in [0.25, 0.3) is 0 Å². The van der Waals surface area contributed by atoms with Gasteiger partial charge in [-0.1, -0.05) is 13.0 Å². The molecule has 6 atom stereocenters. The Morgan fingerprint density at radius 2 is 2.12 bits per heavy atom. The van der Waals surface area contributed by atoms with Gasteiger partial charge in [0, 0.05) is 6.42 Å². The lowest BCUT2D eigenvalue weighted by Crippen LogP contribution is -2.54. The van der Waals surface area contributed by atoms with Crippen LogP contribution in [0.1, 0.15) is 62.5 Å². The number of ether oxygens (including phenoxy) is 2. The molecule has 1 aromatic rings. The summed E-state index contributed by atoms with van der Waals surface area (Å²) in [6.07, 6.45) is 7.99. The van der Waals surface area contributed by atoms with Crippen molar-refractivity contribution in [1.29, 1.82) is 0 Å². The number of hydrogen-bond acceptors (Lipinski definition) is 3. The third-order valence-electron chi connectivity index (χ3n) is 8.08. The van der Waals surface area contributed by atoms with Crippen LogP contribution in [-0.4, -0.2) is 19.2 Å². The van der Waals surface area contributed by atoms with E-state index in [0.29, 0.717) is 29.6 Å². The molecule has 134 valence electrons. The quantitative estimate of drug-likeness (QED) is 0.707. The smallest absolute Gasteiger partial charge is 0.306 e. The van der Waals surface area contributed by atoms with Gasteiger partial charge in [-0.05, 0) is 90.9 Å². The molecule has 3 nitrogen and oxygen atoms in total. The van der Waals surface area contributed by atoms with E-state index in [0.717, 1.165) is 30.9 Å². The molecule has 1 aromatic carbocycles. The van der Waals surface area contributed by atoms with E-state index in [1.165, 1.54) is 24.8 Å². The topological polar surface area (TPSA) is 35.5 Å². The molecule has 3 heteroatoms. The Morgan fingerprint density at radius 3 is 2.96 bits per heavy atom. The third-order valence-corrected chi connectivity index (χ3v) is 8.08. The molecule has 2 bridgehead atoms. The minimum absolute atomic E-state index is 0.0455. The third kappa shape index (κ3) is 2.27. The molecule has 4 aliphatic rings. The summed E-state index contributed by atoms with van der Waals surface area (Å²) >= 11 is 0. The van der Waals surface area contributed by atoms with Crippen molar-refractivity contribution in [3.05, 3.63) is 29.3 Å². The molecule has 0 unspecified atom stereocenters. The molecule has 2 saturated carbocycles. The minimum atomic E-state index is 0.0455. The molecule has 3 aliphatic carbocycles. The average Bonchev–Trinajstić information content (AvgIpc) is 2.62. The summed E-state index contributed by atoms with van der Waals surface area (Å²) in [7, 11) is 1.75. The van der Waals surface area contributed by atoms with Crippen LogP contribution in [0.3, 0.4) is 0 Å². The zero-order valence-corrected chi connectivity index (χ0v) is 15.3. The van der Waals surface area contributed by atoms with Crippen LogP contribution in [0.5, 0.6) is 5.75 Å². The zero-order valence-electron chi connectivity index (χ0n) is 15.3. The van der Waals surface area contributed by atoms with Gasteiger partial charge in [0.2, 0.25) is 0 Å². The Morgan fingerprint density at radius 1 is 1.24 bits per heavy atom. The Labute approximate surface area is 150 Å². The van der Waals surface area contributed by atoms with Crippen LogP contribution >= 0.6 is 0 Å². The van der Waals surface area contributed by atoms with Gasteiger partial charge in [-0.15, -0.1) is 0 Å². The molecule has 0 N–H and O–H groups in total. The highest BCUT2D eigenvalue weighted by Gasteiger charge is 2.56. The summed E-state index contributed by atoms with van der Waals surface area (Å²) in [6, 6.07) is 6.69. The van der Waals surface area contributed by atoms with Crippen LogP contribution in [0.2, 0.25) is 0 Å². The van der Waals surface area contributed by atoms with Crippen molar-refractivity contribution in [2.24, 2.45) is 23.2 Å². The molecular weight excluding hydrogens is 312 g/mol. The summed E-state index contributed by atoms with van der Waals surface area (Å²) in [5.74, 6) is 3.71. The van der Waals surface area contributed by atoms with Gasteiger partial charge >= 0.3 is 5.97 Å². The number of benzene rings is 1. The number of aryl methyl sites for hydroxylation is 1. The predicted molar refractivity (Wildman–Crippen MR) is 95.6 cm³/mol. The first-order valence-electron chi connectivity index (χ1n) is 9.95. The molecule has 1 saturated heterocycles. The van der Waals surface area contributed by atoms with Gasteiger partial charge in [-0.2, -0.15) is 0 Å². The Kier molecular flexibility index (Phi) is 3.45. The standard InChI is InChI=1S/C22H28O3/c1-22-8-7-18-17-6-4-15(24-2)9-13(17)3-5-19(18)20(22)12-16-10-14(22)11-21(23)25-16/h4,6,9,14,16,18-20H,3,5,7-8,10-12H2,1-2H3/t14-,16-,18+,19+,20-,22+/m0/s1. The number of fused-ring (bicyclic) bond motifs is 8. The van der Waals surface area contributed by atoms with Gasteiger partial charge in [-0.25, -0.2) is 0 Å². The number of rotatable bonds is 1. The Balaban J connectivity index is 1.49. The second-order valence-electron chi connectivity index (χ2n) is 9.01. The molecule has 0 radical (unpaired) electrons. The van der Waals surface area contributed by atoms with Gasteiger partial charge in [-0.3, -0.25) is 4.79 Å². The van der Waals surface area contributed by atoms with E-state index >= 15 is 0 Å². The molecule has 0 aromatic heterocycles. The van der Waals surface area contributed by atoms with Crippen LogP contribution in [0.25, 0.3) is 0 Å². The normalized spacial score (nSPS) is 41.8. The van der Waals surface area contributed by atoms with Crippen molar-refractivity contribution >= 4 is 5.97 Å². The van der Waals surface area contributed by atoms with Crippen LogP contribution in [0, 0.1) is 23.2 Å². The summed E-state index contributed by atoms with van der Waals surface area (Å²) in [5.41, 5.74) is 3.39. The Bertz CT molecular complexity index is 711. The maximum Gasteiger partial charge on any atom is 0.306 e. The van der Waals surface area contributed by atoms with Crippen LogP contribution in [-0.2, 0) is 16.0 Å². The second-order valence-corrected chi connectivity index (χ2v) is 9.01. The van der Waals surface area contributed by atoms with E-state index < -0.39 is 0 Å². The lowest BCUT2D eigenvalue weighted by atomic mass is 9.47. The van der Waals surface area contributed by atoms with Gasteiger partial charge in [0.1, 0.15) is 11.9 Å². The van der Waals surface area contributed by atoms with Crippen molar-refractivity contribution in [1.82, 2.24) is 0 Å². The highest BCUT2D eigenvalue weighted by molar-refractivity contribution is 5.71. The number of hydrogen-bond donors (Lipinski definition) is 0. The lowest BCUT2D eigenvalue weighted by molar-refractivity contribution is -0.181. The predicted octanol–water partition coefficient (Wildman–Crippen LogP) is 4.48. The van der Waals surface area contributed by atoms with E-state index in [1.54, 1.807) is 12.7 Å². The van der Waals surface area contributed by atoms with E-state index in [2.05, 4.69) is 25.1 Å². The molecule has 1 aliphatic heterocycles. The second kappa shape index (κ2) is 5.49. The first-order valence-corrected chi connectivity index (χ1v) is 9.95. The minimum Gasteiger partial charge on any atom is -0.497 e. The summed E-state index contributed by atoms with van der Waals surface area (Å²) in [6.45, 7) is 2.48. The van der Waals surface area contributed by atoms with E-state index in [1.807, 2.05) is 0 Å². The number of carbonyl (C=O) groups excluding carboxylic acids is 1. The highest BCUT2D eigenvalue weighted by Crippen LogP contribution is 2.63. The molecule has 1 heterocycles. The fourth-order valence-electron chi connectivity index (χ4n) is 6.80. The monoisotopic (exact) mass is 340 g/mol. The van der Waals surface area contributed by atoms with E-state index in [4.69, 9.17) is 9.47 Å². The highest BCUT2D eigenvalue weighted by atomic mass is 16.5. The largest absolute Gasteiger partial charge is 0.497 e. The number of carbonyl (C=O) groups is 1. The van der Waals surface area contributed by atoms with Crippen molar-refractivity contribution in [3.8, 4) is 5.75 Å². The van der Waals surface area contributed by atoms with E-state index in [-0.39, 0.29) is 12.1 Å². The molecule has 3 fully saturated rings. The SMILES string of the molecule is COc1ccc2c(c1)CC[C@@H]1[C@@H]2CC[C@]2(C)[C@@H]3CC(=O)O[C@@H](C3)C[C@@H]12. The van der Waals surface area contributed by atoms with Crippen molar-refractivity contribution in [2.75, 3.05) is 7.11 Å². The van der Waals surface area contributed by atoms with Gasteiger partial charge < -0.3 is 9.47 Å². The van der Waals surface area contributed by atoms with Crippen LogP contribution in [0.15, 0.2) is 18.2 Å². The molecule has 25 heavy (non-hydrogen) atoms. The van der Waals surface area contributed by atoms with Crippen molar-refractivity contribution in [2.45, 2.75) is 63.9 Å². The van der Waals surface area contributed by atoms with Gasteiger partial charge in [0.05, 0.1) is 7.11 Å². The Hall–Kier alpha value is -1.51. The maximum absolute atomic E-state index is 12.0. The van der Waals surface area contributed by atoms with Crippen LogP contribution < -0.4 is 4.74 Å². The first kappa shape index (κ1) is 15.7. The first-order chi connectivity index (χ1) is 12.1. The summed E-state index contributed by atoms with van der Waals surface area (Å²) < 4.78 is 11.1. The van der Waals surface area contributed by atoms with Gasteiger partial charge in [0.15, 0.2) is 0 Å². The molecule has 0 spiro atoms. The summed E-state index contributed by atoms with van der Waals surface area (Å²) in [5, 5.41) is 0. The van der Waals surface area contributed by atoms with Crippen molar-refractivity contribution < 1.29 is 14.3 Å². The average molecular weight is 340 g/mol. The molecule has 5 rings (SSSR count). The van der Waals surface area contributed by atoms with Crippen molar-refractivity contribution in [3.63, 3.8) is 0 Å². The molecular formula is C22H28O3. The summed E-state index contributed by atoms with van der Waals surface area (Å²) in [4.78, 5) is 12.0. The molecule has 0 amide bonds. The lowest BCUT2D eigenvalue weighted by Gasteiger charge is -2.59. The number of esters is 1. The fraction of sp³-hybridized carbons (Fsp3) is 0.682. The van der Waals surface area contributed by atoms with Crippen LogP contribution in [0.4, 0.5) is 0 Å². The van der Waals surface area contributed by atoms with E-state index in [9.17, 15) is 4.79 Å². The fourth-order valence-corrected chi connectivity index (χ4v) is 6.80. The zero-order chi connectivity index (χ0) is 17.2.